The van der Waals surface area contributed by atoms with Gasteiger partial charge in [-0.15, -0.1) is 0 Å². The molecule has 2 aromatic rings. The standard InChI is InChI=1S/C11H7ClN2O4/c12-8-9(15)13-5-14-10(8)18-7-3-1-2-6(4-7)11(16)17/h1-5H,(H,16,17)(H,13,14,15). The first-order chi connectivity index (χ1) is 8.58. The van der Waals surface area contributed by atoms with E-state index in [1.54, 1.807) is 0 Å². The lowest BCUT2D eigenvalue weighted by molar-refractivity contribution is 0.0696. The van der Waals surface area contributed by atoms with Gasteiger partial charge in [0.2, 0.25) is 5.88 Å². The van der Waals surface area contributed by atoms with Crippen LogP contribution in [-0.4, -0.2) is 21.0 Å². The fraction of sp³-hybridized carbons (Fsp3) is 0. The Kier molecular flexibility index (Phi) is 3.29. The Bertz CT molecular complexity index is 653. The van der Waals surface area contributed by atoms with Crippen molar-refractivity contribution in [3.8, 4) is 11.6 Å². The molecule has 2 rings (SSSR count). The van der Waals surface area contributed by atoms with Crippen LogP contribution >= 0.6 is 11.6 Å². The van der Waals surface area contributed by atoms with Gasteiger partial charge in [0.1, 0.15) is 5.75 Å². The van der Waals surface area contributed by atoms with Crippen LogP contribution in [0.15, 0.2) is 35.4 Å². The average molecular weight is 267 g/mol. The second kappa shape index (κ2) is 4.89. The molecule has 0 spiro atoms. The molecule has 0 aliphatic rings. The summed E-state index contributed by atoms with van der Waals surface area (Å²) in [6.45, 7) is 0. The number of nitrogens with one attached hydrogen (secondary N) is 1. The molecule has 0 bridgehead atoms. The highest BCUT2D eigenvalue weighted by atomic mass is 35.5. The van der Waals surface area contributed by atoms with Crippen molar-refractivity contribution in [2.45, 2.75) is 0 Å². The summed E-state index contributed by atoms with van der Waals surface area (Å²) < 4.78 is 5.25. The van der Waals surface area contributed by atoms with Crippen LogP contribution in [0.4, 0.5) is 0 Å². The predicted molar refractivity (Wildman–Crippen MR) is 63.3 cm³/mol. The number of carboxylic acids is 1. The maximum absolute atomic E-state index is 11.2. The number of carbonyl (C=O) groups is 1. The number of aromatic nitrogens is 2. The second-order valence-electron chi connectivity index (χ2n) is 3.29. The Hall–Kier alpha value is -2.34. The fourth-order valence-electron chi connectivity index (χ4n) is 1.24. The number of H-pyrrole nitrogens is 1. The highest BCUT2D eigenvalue weighted by molar-refractivity contribution is 6.31. The summed E-state index contributed by atoms with van der Waals surface area (Å²) >= 11 is 5.70. The van der Waals surface area contributed by atoms with Crippen LogP contribution in [0.1, 0.15) is 10.4 Å². The van der Waals surface area contributed by atoms with Crippen molar-refractivity contribution in [2.75, 3.05) is 0 Å². The number of halogens is 1. The third kappa shape index (κ3) is 2.49. The molecule has 1 heterocycles. The number of ether oxygens (including phenoxy) is 1. The molecule has 0 fully saturated rings. The molecule has 0 atom stereocenters. The van der Waals surface area contributed by atoms with Crippen molar-refractivity contribution in [3.63, 3.8) is 0 Å². The summed E-state index contributed by atoms with van der Waals surface area (Å²) in [5.41, 5.74) is -0.468. The van der Waals surface area contributed by atoms with E-state index in [1.165, 1.54) is 24.3 Å². The quantitative estimate of drug-likeness (QED) is 0.885. The van der Waals surface area contributed by atoms with Crippen LogP contribution in [0.3, 0.4) is 0 Å². The minimum atomic E-state index is -1.08. The van der Waals surface area contributed by atoms with E-state index in [0.717, 1.165) is 6.33 Å². The van der Waals surface area contributed by atoms with Crippen LogP contribution in [0.2, 0.25) is 5.02 Å². The topological polar surface area (TPSA) is 92.3 Å². The second-order valence-corrected chi connectivity index (χ2v) is 3.66. The van der Waals surface area contributed by atoms with Gasteiger partial charge in [-0.1, -0.05) is 17.7 Å². The van der Waals surface area contributed by atoms with Crippen molar-refractivity contribution >= 4 is 17.6 Å². The van der Waals surface area contributed by atoms with Crippen LogP contribution in [0.5, 0.6) is 11.6 Å². The number of nitrogens with zero attached hydrogens (tertiary/aromatic N) is 1. The van der Waals surface area contributed by atoms with E-state index in [2.05, 4.69) is 9.97 Å². The first-order valence-corrected chi connectivity index (χ1v) is 5.20. The van der Waals surface area contributed by atoms with Gasteiger partial charge in [0.05, 0.1) is 11.9 Å². The lowest BCUT2D eigenvalue weighted by Crippen LogP contribution is -2.08. The molecule has 2 N–H and O–H groups in total. The van der Waals surface area contributed by atoms with Crippen molar-refractivity contribution < 1.29 is 14.6 Å². The number of carboxylic acid groups (broad SMARTS) is 1. The Morgan fingerprint density at radius 2 is 2.22 bits per heavy atom. The molecule has 0 saturated carbocycles. The van der Waals surface area contributed by atoms with E-state index in [-0.39, 0.29) is 22.2 Å². The third-order valence-electron chi connectivity index (χ3n) is 2.06. The molecule has 0 aliphatic heterocycles. The molecule has 7 heteroatoms. The largest absolute Gasteiger partial charge is 0.478 e. The van der Waals surface area contributed by atoms with Gasteiger partial charge in [-0.3, -0.25) is 4.79 Å². The number of benzene rings is 1. The molecule has 0 radical (unpaired) electrons. The van der Waals surface area contributed by atoms with E-state index < -0.39 is 11.5 Å². The molecule has 6 nitrogen and oxygen atoms in total. The SMILES string of the molecule is O=C(O)c1cccc(Oc2nc[nH]c(=O)c2Cl)c1. The summed E-state index contributed by atoms with van der Waals surface area (Å²) in [6.07, 6.45) is 1.14. The molecule has 0 saturated heterocycles. The van der Waals surface area contributed by atoms with Crippen LogP contribution in [-0.2, 0) is 0 Å². The zero-order chi connectivity index (χ0) is 13.1. The highest BCUT2D eigenvalue weighted by Crippen LogP contribution is 2.24. The summed E-state index contributed by atoms with van der Waals surface area (Å²) in [4.78, 5) is 28.0. The molecule has 92 valence electrons. The smallest absolute Gasteiger partial charge is 0.335 e. The minimum absolute atomic E-state index is 0.0634. The zero-order valence-corrected chi connectivity index (χ0v) is 9.64. The summed E-state index contributed by atoms with van der Waals surface area (Å²) in [5, 5.41) is 8.63. The van der Waals surface area contributed by atoms with Crippen LogP contribution in [0, 0.1) is 0 Å². The number of aromatic carboxylic acids is 1. The summed E-state index contributed by atoms with van der Waals surface area (Å²) in [6, 6.07) is 5.77. The van der Waals surface area contributed by atoms with Crippen LogP contribution in [0.25, 0.3) is 0 Å². The number of hydrogen-bond acceptors (Lipinski definition) is 4. The molecule has 1 aromatic carbocycles. The van der Waals surface area contributed by atoms with Crippen molar-refractivity contribution in [1.82, 2.24) is 9.97 Å². The normalized spacial score (nSPS) is 10.1. The Labute approximate surface area is 106 Å². The monoisotopic (exact) mass is 266 g/mol. The van der Waals surface area contributed by atoms with Gasteiger partial charge in [-0.25, -0.2) is 9.78 Å². The molecule has 18 heavy (non-hydrogen) atoms. The maximum Gasteiger partial charge on any atom is 0.335 e. The van der Waals surface area contributed by atoms with Crippen molar-refractivity contribution in [3.05, 3.63) is 51.5 Å². The van der Waals surface area contributed by atoms with Gasteiger partial charge in [0.15, 0.2) is 5.02 Å². The zero-order valence-electron chi connectivity index (χ0n) is 8.88. The maximum atomic E-state index is 11.2. The van der Waals surface area contributed by atoms with E-state index in [0.29, 0.717) is 0 Å². The lowest BCUT2D eigenvalue weighted by Gasteiger charge is -2.05. The molecule has 0 amide bonds. The summed E-state index contributed by atoms with van der Waals surface area (Å²) in [7, 11) is 0. The van der Waals surface area contributed by atoms with Crippen molar-refractivity contribution in [1.29, 1.82) is 0 Å². The van der Waals surface area contributed by atoms with Crippen molar-refractivity contribution in [2.24, 2.45) is 0 Å². The van der Waals surface area contributed by atoms with Crippen LogP contribution < -0.4 is 10.3 Å². The predicted octanol–water partition coefficient (Wildman–Crippen LogP) is 1.91. The van der Waals surface area contributed by atoms with Gasteiger partial charge >= 0.3 is 5.97 Å². The van der Waals surface area contributed by atoms with E-state index >= 15 is 0 Å². The fourth-order valence-corrected chi connectivity index (χ4v) is 1.38. The minimum Gasteiger partial charge on any atom is -0.478 e. The molecule has 1 aromatic heterocycles. The first-order valence-electron chi connectivity index (χ1n) is 4.82. The lowest BCUT2D eigenvalue weighted by atomic mass is 10.2. The van der Waals surface area contributed by atoms with Gasteiger partial charge in [-0.05, 0) is 18.2 Å². The number of aromatic amines is 1. The highest BCUT2D eigenvalue weighted by Gasteiger charge is 2.10. The van der Waals surface area contributed by atoms with E-state index in [9.17, 15) is 9.59 Å². The van der Waals surface area contributed by atoms with Gasteiger partial charge < -0.3 is 14.8 Å². The Morgan fingerprint density at radius 1 is 1.44 bits per heavy atom. The van der Waals surface area contributed by atoms with Gasteiger partial charge in [0, 0.05) is 0 Å². The third-order valence-corrected chi connectivity index (χ3v) is 2.39. The average Bonchev–Trinajstić information content (AvgIpc) is 2.35. The first kappa shape index (κ1) is 12.1. The van der Waals surface area contributed by atoms with Gasteiger partial charge in [0.25, 0.3) is 5.56 Å². The van der Waals surface area contributed by atoms with E-state index in [4.69, 9.17) is 21.4 Å². The summed E-state index contributed by atoms with van der Waals surface area (Å²) in [5.74, 6) is -0.928. The molecule has 0 unspecified atom stereocenters. The number of hydrogen-bond donors (Lipinski definition) is 2. The molecule has 0 aliphatic carbocycles. The molecular weight excluding hydrogens is 260 g/mol. The van der Waals surface area contributed by atoms with E-state index in [1.807, 2.05) is 0 Å². The van der Waals surface area contributed by atoms with Gasteiger partial charge in [-0.2, -0.15) is 0 Å². The molecular formula is C11H7ClN2O4. The Balaban J connectivity index is 2.34. The number of rotatable bonds is 3. The Morgan fingerprint density at radius 3 is 2.94 bits per heavy atom.